The average Bonchev–Trinajstić information content (AvgIpc) is 2.74. The van der Waals surface area contributed by atoms with Gasteiger partial charge in [-0.2, -0.15) is 0 Å². The minimum absolute atomic E-state index is 0.669. The Bertz CT molecular complexity index is 364. The van der Waals surface area contributed by atoms with Crippen molar-refractivity contribution < 1.29 is 4.74 Å². The molecule has 1 fully saturated rings. The summed E-state index contributed by atoms with van der Waals surface area (Å²) in [6.45, 7) is 2.22. The van der Waals surface area contributed by atoms with Crippen LogP contribution in [-0.2, 0) is 0 Å². The summed E-state index contributed by atoms with van der Waals surface area (Å²) < 4.78 is 6.21. The van der Waals surface area contributed by atoms with E-state index in [1.54, 1.807) is 7.11 Å². The molecular weight excluding hydrogens is 277 g/mol. The summed E-state index contributed by atoms with van der Waals surface area (Å²) in [5.41, 5.74) is 1.17. The van der Waals surface area contributed by atoms with Gasteiger partial charge in [-0.05, 0) is 40.9 Å². The van der Waals surface area contributed by atoms with E-state index in [0.29, 0.717) is 10.8 Å². The van der Waals surface area contributed by atoms with Crippen LogP contribution in [0.15, 0.2) is 16.6 Å². The normalized spacial score (nSPS) is 15.8. The highest BCUT2D eigenvalue weighted by Gasteiger charge is 2.16. The van der Waals surface area contributed by atoms with Crippen LogP contribution in [0.2, 0.25) is 5.02 Å². The number of nitrogens with zero attached hydrogens (tertiary/aromatic N) is 1. The fourth-order valence-electron chi connectivity index (χ4n) is 1.87. The molecule has 0 bridgehead atoms. The highest BCUT2D eigenvalue weighted by atomic mass is 79.9. The Morgan fingerprint density at radius 3 is 2.60 bits per heavy atom. The monoisotopic (exact) mass is 289 g/mol. The number of hydrogen-bond acceptors (Lipinski definition) is 2. The van der Waals surface area contributed by atoms with Crippen molar-refractivity contribution in [2.75, 3.05) is 25.1 Å². The van der Waals surface area contributed by atoms with E-state index in [-0.39, 0.29) is 0 Å². The van der Waals surface area contributed by atoms with Gasteiger partial charge in [-0.15, -0.1) is 0 Å². The lowest BCUT2D eigenvalue weighted by atomic mass is 10.3. The van der Waals surface area contributed by atoms with Crippen molar-refractivity contribution in [1.29, 1.82) is 0 Å². The summed E-state index contributed by atoms with van der Waals surface area (Å²) >= 11 is 9.66. The Labute approximate surface area is 103 Å². The first-order valence-corrected chi connectivity index (χ1v) is 6.17. The molecule has 15 heavy (non-hydrogen) atoms. The van der Waals surface area contributed by atoms with E-state index < -0.39 is 0 Å². The topological polar surface area (TPSA) is 12.5 Å². The Morgan fingerprint density at radius 2 is 2.00 bits per heavy atom. The molecule has 1 saturated heterocycles. The van der Waals surface area contributed by atoms with Crippen molar-refractivity contribution in [2.24, 2.45) is 0 Å². The zero-order chi connectivity index (χ0) is 10.8. The third kappa shape index (κ3) is 2.23. The zero-order valence-corrected chi connectivity index (χ0v) is 10.9. The van der Waals surface area contributed by atoms with E-state index in [9.17, 15) is 0 Å². The largest absolute Gasteiger partial charge is 0.495 e. The highest BCUT2D eigenvalue weighted by molar-refractivity contribution is 9.10. The summed E-state index contributed by atoms with van der Waals surface area (Å²) in [7, 11) is 1.63. The van der Waals surface area contributed by atoms with Crippen LogP contribution in [0.25, 0.3) is 0 Å². The predicted molar refractivity (Wildman–Crippen MR) is 67.2 cm³/mol. The molecule has 82 valence electrons. The van der Waals surface area contributed by atoms with Crippen molar-refractivity contribution >= 4 is 33.2 Å². The molecule has 2 nitrogen and oxygen atoms in total. The van der Waals surface area contributed by atoms with Crippen LogP contribution >= 0.6 is 27.5 Å². The van der Waals surface area contributed by atoms with Gasteiger partial charge in [-0.25, -0.2) is 0 Å². The van der Waals surface area contributed by atoms with E-state index in [1.165, 1.54) is 18.5 Å². The van der Waals surface area contributed by atoms with Crippen LogP contribution in [0.4, 0.5) is 5.69 Å². The van der Waals surface area contributed by atoms with Crippen LogP contribution in [0.3, 0.4) is 0 Å². The molecule has 0 radical (unpaired) electrons. The molecule has 2 rings (SSSR count). The molecule has 0 saturated carbocycles. The summed E-state index contributed by atoms with van der Waals surface area (Å²) in [5, 5.41) is 0.669. The number of halogens is 2. The van der Waals surface area contributed by atoms with Crippen LogP contribution in [0.5, 0.6) is 5.75 Å². The maximum atomic E-state index is 6.11. The lowest BCUT2D eigenvalue weighted by Crippen LogP contribution is -2.18. The van der Waals surface area contributed by atoms with Crippen LogP contribution < -0.4 is 9.64 Å². The molecule has 0 aliphatic carbocycles. The molecule has 0 amide bonds. The van der Waals surface area contributed by atoms with Gasteiger partial charge in [0.1, 0.15) is 5.75 Å². The smallest absolute Gasteiger partial charge is 0.138 e. The first kappa shape index (κ1) is 11.1. The van der Waals surface area contributed by atoms with E-state index in [1.807, 2.05) is 12.1 Å². The lowest BCUT2D eigenvalue weighted by molar-refractivity contribution is 0.415. The van der Waals surface area contributed by atoms with Gasteiger partial charge in [0.2, 0.25) is 0 Å². The summed E-state index contributed by atoms with van der Waals surface area (Å²) in [4.78, 5) is 2.34. The van der Waals surface area contributed by atoms with Gasteiger partial charge in [0.15, 0.2) is 0 Å². The zero-order valence-electron chi connectivity index (χ0n) is 8.59. The minimum Gasteiger partial charge on any atom is -0.495 e. The van der Waals surface area contributed by atoms with E-state index in [0.717, 1.165) is 17.6 Å². The number of hydrogen-bond donors (Lipinski definition) is 0. The Morgan fingerprint density at radius 1 is 1.33 bits per heavy atom. The second-order valence-corrected chi connectivity index (χ2v) is 4.89. The first-order valence-electron chi connectivity index (χ1n) is 5.00. The van der Waals surface area contributed by atoms with Crippen molar-refractivity contribution in [3.8, 4) is 5.75 Å². The molecule has 1 aliphatic heterocycles. The van der Waals surface area contributed by atoms with Crippen LogP contribution in [-0.4, -0.2) is 20.2 Å². The summed E-state index contributed by atoms with van der Waals surface area (Å²) in [5.74, 6) is 0.714. The molecule has 0 spiro atoms. The van der Waals surface area contributed by atoms with E-state index >= 15 is 0 Å². The molecule has 0 N–H and O–H groups in total. The molecule has 1 aliphatic rings. The summed E-state index contributed by atoms with van der Waals surface area (Å²) in [6, 6.07) is 3.89. The predicted octanol–water partition coefficient (Wildman–Crippen LogP) is 3.71. The average molecular weight is 291 g/mol. The van der Waals surface area contributed by atoms with Gasteiger partial charge < -0.3 is 9.64 Å². The molecule has 0 atom stereocenters. The van der Waals surface area contributed by atoms with Crippen LogP contribution in [0.1, 0.15) is 12.8 Å². The lowest BCUT2D eigenvalue weighted by Gasteiger charge is -2.20. The molecule has 1 aromatic carbocycles. The molecule has 0 aromatic heterocycles. The molecular formula is C11H13BrClNO. The maximum absolute atomic E-state index is 6.11. The third-order valence-corrected chi connectivity index (χ3v) is 3.60. The molecule has 1 aromatic rings. The Kier molecular flexibility index (Phi) is 3.42. The second kappa shape index (κ2) is 4.62. The van der Waals surface area contributed by atoms with Gasteiger partial charge in [0.25, 0.3) is 0 Å². The van der Waals surface area contributed by atoms with Gasteiger partial charge >= 0.3 is 0 Å². The van der Waals surface area contributed by atoms with Gasteiger partial charge in [-0.3, -0.25) is 0 Å². The third-order valence-electron chi connectivity index (χ3n) is 2.67. The van der Waals surface area contributed by atoms with Crippen molar-refractivity contribution in [3.05, 3.63) is 21.6 Å². The second-order valence-electron chi connectivity index (χ2n) is 3.63. The van der Waals surface area contributed by atoms with Crippen molar-refractivity contribution in [3.63, 3.8) is 0 Å². The fraction of sp³-hybridized carbons (Fsp3) is 0.455. The van der Waals surface area contributed by atoms with Crippen LogP contribution in [0, 0.1) is 0 Å². The summed E-state index contributed by atoms with van der Waals surface area (Å²) in [6.07, 6.45) is 2.52. The van der Waals surface area contributed by atoms with Crippen molar-refractivity contribution in [1.82, 2.24) is 0 Å². The first-order chi connectivity index (χ1) is 7.22. The number of ether oxygens (including phenoxy) is 1. The van der Waals surface area contributed by atoms with Gasteiger partial charge in [0, 0.05) is 17.6 Å². The minimum atomic E-state index is 0.669. The standard InChI is InChI=1S/C11H13BrClNO/c1-15-11-6-8(12)10(7-9(11)13)14-4-2-3-5-14/h6-7H,2-5H2,1H3. The maximum Gasteiger partial charge on any atom is 0.138 e. The van der Waals surface area contributed by atoms with E-state index in [4.69, 9.17) is 16.3 Å². The molecule has 0 unspecified atom stereocenters. The van der Waals surface area contributed by atoms with Crippen molar-refractivity contribution in [2.45, 2.75) is 12.8 Å². The van der Waals surface area contributed by atoms with Gasteiger partial charge in [0.05, 0.1) is 17.8 Å². The molecule has 1 heterocycles. The number of rotatable bonds is 2. The highest BCUT2D eigenvalue weighted by Crippen LogP contribution is 2.37. The number of methoxy groups -OCH3 is 1. The number of anilines is 1. The quantitative estimate of drug-likeness (QED) is 0.823. The van der Waals surface area contributed by atoms with Gasteiger partial charge in [-0.1, -0.05) is 11.6 Å². The Balaban J connectivity index is 2.35. The number of benzene rings is 1. The van der Waals surface area contributed by atoms with E-state index in [2.05, 4.69) is 20.8 Å². The SMILES string of the molecule is COc1cc(Br)c(N2CCCC2)cc1Cl. The fourth-order valence-corrected chi connectivity index (χ4v) is 2.68. The Hall–Kier alpha value is -0.410. The molecule has 4 heteroatoms.